The molecule has 3 rings (SSSR count). The smallest absolute Gasteiger partial charge is 0.265 e. The van der Waals surface area contributed by atoms with Gasteiger partial charge in [-0.2, -0.15) is 10.1 Å². The molecular weight excluding hydrogens is 256 g/mol. The second-order valence-electron chi connectivity index (χ2n) is 4.18. The number of anilines is 2. The van der Waals surface area contributed by atoms with Crippen LogP contribution in [0, 0.1) is 0 Å². The predicted molar refractivity (Wildman–Crippen MR) is 75.9 cm³/mol. The van der Waals surface area contributed by atoms with Crippen molar-refractivity contribution in [2.75, 3.05) is 17.6 Å². The summed E-state index contributed by atoms with van der Waals surface area (Å²) in [5.74, 6) is 1.85. The summed E-state index contributed by atoms with van der Waals surface area (Å²) in [7, 11) is 0. The third-order valence-electron chi connectivity index (χ3n) is 2.81. The normalized spacial score (nSPS) is 10.7. The summed E-state index contributed by atoms with van der Waals surface area (Å²) >= 11 is 0. The van der Waals surface area contributed by atoms with Gasteiger partial charge in [-0.1, -0.05) is 35.5 Å². The number of nitrogen functional groups attached to an aromatic ring is 1. The maximum atomic E-state index is 5.87. The van der Waals surface area contributed by atoms with Crippen LogP contribution in [-0.4, -0.2) is 26.9 Å². The lowest BCUT2D eigenvalue weighted by Crippen LogP contribution is -1.98. The van der Waals surface area contributed by atoms with E-state index in [1.807, 2.05) is 37.3 Å². The summed E-state index contributed by atoms with van der Waals surface area (Å²) in [5, 5.41) is 13.8. The van der Waals surface area contributed by atoms with Gasteiger partial charge in [-0.15, -0.1) is 0 Å². The molecule has 102 valence electrons. The highest BCUT2D eigenvalue weighted by Gasteiger charge is 2.19. The van der Waals surface area contributed by atoms with E-state index in [4.69, 9.17) is 10.3 Å². The Morgan fingerprint density at radius 1 is 1.30 bits per heavy atom. The average Bonchev–Trinajstić information content (AvgIpc) is 3.07. The SMILES string of the molecule is CCNc1n[nH]c(N)c1-c1nc(-c2ccccc2)no1. The van der Waals surface area contributed by atoms with E-state index in [0.29, 0.717) is 28.9 Å². The standard InChI is InChI=1S/C13H14N6O/c1-2-15-12-9(10(14)17-18-12)13-16-11(19-20-13)8-6-4-3-5-7-8/h3-7H,2H2,1H3,(H4,14,15,17,18). The highest BCUT2D eigenvalue weighted by Crippen LogP contribution is 2.31. The highest BCUT2D eigenvalue weighted by molar-refractivity contribution is 5.79. The van der Waals surface area contributed by atoms with Crippen LogP contribution < -0.4 is 11.1 Å². The van der Waals surface area contributed by atoms with Crippen LogP contribution in [0.5, 0.6) is 0 Å². The van der Waals surface area contributed by atoms with Gasteiger partial charge in [0.05, 0.1) is 0 Å². The first-order chi connectivity index (χ1) is 9.79. The summed E-state index contributed by atoms with van der Waals surface area (Å²) in [4.78, 5) is 4.37. The second kappa shape index (κ2) is 5.04. The van der Waals surface area contributed by atoms with E-state index in [-0.39, 0.29) is 0 Å². The summed E-state index contributed by atoms with van der Waals surface area (Å²) in [5.41, 5.74) is 7.35. The number of H-pyrrole nitrogens is 1. The van der Waals surface area contributed by atoms with Gasteiger partial charge in [0.1, 0.15) is 11.4 Å². The van der Waals surface area contributed by atoms with Crippen LogP contribution in [0.15, 0.2) is 34.9 Å². The summed E-state index contributed by atoms with van der Waals surface area (Å²) < 4.78 is 5.29. The van der Waals surface area contributed by atoms with Crippen molar-refractivity contribution in [1.29, 1.82) is 0 Å². The minimum Gasteiger partial charge on any atom is -0.383 e. The Kier molecular flexibility index (Phi) is 3.08. The molecular formula is C13H14N6O. The molecule has 0 atom stereocenters. The molecule has 0 radical (unpaired) electrons. The van der Waals surface area contributed by atoms with Gasteiger partial charge in [0.2, 0.25) is 5.82 Å². The Morgan fingerprint density at radius 3 is 2.85 bits per heavy atom. The number of rotatable bonds is 4. The molecule has 0 amide bonds. The third-order valence-corrected chi connectivity index (χ3v) is 2.81. The number of nitrogens with one attached hydrogen (secondary N) is 2. The number of nitrogens with zero attached hydrogens (tertiary/aromatic N) is 3. The molecule has 0 unspecified atom stereocenters. The lowest BCUT2D eigenvalue weighted by Gasteiger charge is -1.99. The molecule has 7 heteroatoms. The quantitative estimate of drug-likeness (QED) is 0.670. The number of hydrogen-bond donors (Lipinski definition) is 3. The number of aromatic amines is 1. The molecule has 0 saturated heterocycles. The van der Waals surface area contributed by atoms with Crippen LogP contribution >= 0.6 is 0 Å². The Hall–Kier alpha value is -2.83. The lowest BCUT2D eigenvalue weighted by molar-refractivity contribution is 0.432. The van der Waals surface area contributed by atoms with Crippen molar-refractivity contribution in [3.63, 3.8) is 0 Å². The maximum Gasteiger partial charge on any atom is 0.265 e. The number of aromatic nitrogens is 4. The fraction of sp³-hybridized carbons (Fsp3) is 0.154. The average molecular weight is 270 g/mol. The molecule has 0 aliphatic carbocycles. The maximum absolute atomic E-state index is 5.87. The van der Waals surface area contributed by atoms with Crippen LogP contribution in [-0.2, 0) is 0 Å². The van der Waals surface area contributed by atoms with Gasteiger partial charge >= 0.3 is 0 Å². The molecule has 4 N–H and O–H groups in total. The fourth-order valence-corrected chi connectivity index (χ4v) is 1.90. The van der Waals surface area contributed by atoms with Gasteiger partial charge in [-0.3, -0.25) is 5.10 Å². The first-order valence-corrected chi connectivity index (χ1v) is 6.26. The van der Waals surface area contributed by atoms with Crippen LogP contribution in [0.1, 0.15) is 6.92 Å². The molecule has 20 heavy (non-hydrogen) atoms. The molecule has 0 spiro atoms. The summed E-state index contributed by atoms with van der Waals surface area (Å²) in [6.45, 7) is 2.69. The number of nitrogens with two attached hydrogens (primary N) is 1. The molecule has 2 aromatic heterocycles. The third kappa shape index (κ3) is 2.09. The van der Waals surface area contributed by atoms with Crippen molar-refractivity contribution < 1.29 is 4.52 Å². The first kappa shape index (κ1) is 12.2. The van der Waals surface area contributed by atoms with E-state index < -0.39 is 0 Å². The van der Waals surface area contributed by atoms with Crippen molar-refractivity contribution in [2.24, 2.45) is 0 Å². The van der Waals surface area contributed by atoms with E-state index in [2.05, 4.69) is 25.7 Å². The number of hydrogen-bond acceptors (Lipinski definition) is 6. The topological polar surface area (TPSA) is 106 Å². The zero-order valence-corrected chi connectivity index (χ0v) is 10.9. The second-order valence-corrected chi connectivity index (χ2v) is 4.18. The molecule has 0 bridgehead atoms. The Bertz CT molecular complexity index is 703. The van der Waals surface area contributed by atoms with E-state index in [1.165, 1.54) is 0 Å². The van der Waals surface area contributed by atoms with Gasteiger partial charge in [0, 0.05) is 12.1 Å². The molecule has 7 nitrogen and oxygen atoms in total. The summed E-state index contributed by atoms with van der Waals surface area (Å²) in [6, 6.07) is 9.60. The lowest BCUT2D eigenvalue weighted by atomic mass is 10.2. The van der Waals surface area contributed by atoms with Crippen molar-refractivity contribution in [1.82, 2.24) is 20.3 Å². The fourth-order valence-electron chi connectivity index (χ4n) is 1.90. The van der Waals surface area contributed by atoms with Gasteiger partial charge in [0.15, 0.2) is 5.82 Å². The zero-order valence-electron chi connectivity index (χ0n) is 10.9. The van der Waals surface area contributed by atoms with Crippen LogP contribution in [0.25, 0.3) is 22.8 Å². The van der Waals surface area contributed by atoms with Gasteiger partial charge in [-0.25, -0.2) is 0 Å². The van der Waals surface area contributed by atoms with Crippen LogP contribution in [0.3, 0.4) is 0 Å². The minimum absolute atomic E-state index is 0.339. The van der Waals surface area contributed by atoms with Crippen LogP contribution in [0.2, 0.25) is 0 Å². The zero-order chi connectivity index (χ0) is 13.9. The Morgan fingerprint density at radius 2 is 2.10 bits per heavy atom. The van der Waals surface area contributed by atoms with E-state index in [0.717, 1.165) is 12.1 Å². The Balaban J connectivity index is 2.00. The van der Waals surface area contributed by atoms with Gasteiger partial charge < -0.3 is 15.6 Å². The minimum atomic E-state index is 0.339. The van der Waals surface area contributed by atoms with Crippen LogP contribution in [0.4, 0.5) is 11.6 Å². The van der Waals surface area contributed by atoms with E-state index >= 15 is 0 Å². The first-order valence-electron chi connectivity index (χ1n) is 6.26. The van der Waals surface area contributed by atoms with Crippen molar-refractivity contribution in [2.45, 2.75) is 6.92 Å². The monoisotopic (exact) mass is 270 g/mol. The van der Waals surface area contributed by atoms with E-state index in [1.54, 1.807) is 0 Å². The molecule has 0 aliphatic rings. The predicted octanol–water partition coefficient (Wildman–Crippen LogP) is 2.14. The van der Waals surface area contributed by atoms with Gasteiger partial charge in [-0.05, 0) is 6.92 Å². The van der Waals surface area contributed by atoms with Crippen molar-refractivity contribution in [3.8, 4) is 22.8 Å². The van der Waals surface area contributed by atoms with Gasteiger partial charge in [0.25, 0.3) is 5.89 Å². The molecule has 2 heterocycles. The largest absolute Gasteiger partial charge is 0.383 e. The Labute approximate surface area is 115 Å². The summed E-state index contributed by atoms with van der Waals surface area (Å²) in [6.07, 6.45) is 0. The number of benzene rings is 1. The molecule has 1 aromatic carbocycles. The molecule has 0 saturated carbocycles. The highest BCUT2D eigenvalue weighted by atomic mass is 16.5. The molecule has 3 aromatic rings. The molecule has 0 fully saturated rings. The van der Waals surface area contributed by atoms with E-state index in [9.17, 15) is 0 Å². The molecule has 0 aliphatic heterocycles. The van der Waals surface area contributed by atoms with Crippen molar-refractivity contribution in [3.05, 3.63) is 30.3 Å². The van der Waals surface area contributed by atoms with Crippen molar-refractivity contribution >= 4 is 11.6 Å².